The lowest BCUT2D eigenvalue weighted by Gasteiger charge is -2.20. The summed E-state index contributed by atoms with van der Waals surface area (Å²) < 4.78 is 0. The number of rotatable bonds is 4. The summed E-state index contributed by atoms with van der Waals surface area (Å²) in [6.45, 7) is 2.56. The van der Waals surface area contributed by atoms with Gasteiger partial charge in [0.2, 0.25) is 0 Å². The first kappa shape index (κ1) is 17.8. The van der Waals surface area contributed by atoms with E-state index in [-0.39, 0.29) is 0 Å². The van der Waals surface area contributed by atoms with Gasteiger partial charge >= 0.3 is 0 Å². The molecular weight excluding hydrogens is 357 g/mol. The number of aliphatic imine (C=N–C) groups is 1. The van der Waals surface area contributed by atoms with E-state index in [2.05, 4.69) is 31.6 Å². The molecule has 0 spiro atoms. The SMILES string of the molecule is CN=C(NCc1ccc(Cl)nc1)NC1CCN(c2cccc(Cl)c2)C1. The maximum atomic E-state index is 6.09. The standard InChI is InChI=1S/C18H21Cl2N5/c1-21-18(23-11-13-5-6-17(20)22-10-13)24-15-7-8-25(12-15)16-4-2-3-14(19)9-16/h2-6,9-10,15H,7-8,11-12H2,1H3,(H2,21,23,24). The molecule has 2 aromatic rings. The number of halogens is 2. The largest absolute Gasteiger partial charge is 0.369 e. The summed E-state index contributed by atoms with van der Waals surface area (Å²) in [6.07, 6.45) is 2.81. The molecule has 1 aromatic carbocycles. The second-order valence-corrected chi connectivity index (χ2v) is 6.79. The first-order valence-corrected chi connectivity index (χ1v) is 8.98. The second kappa shape index (κ2) is 8.41. The summed E-state index contributed by atoms with van der Waals surface area (Å²) >= 11 is 11.9. The number of hydrogen-bond donors (Lipinski definition) is 2. The first-order valence-electron chi connectivity index (χ1n) is 8.22. The zero-order valence-electron chi connectivity index (χ0n) is 14.0. The lowest BCUT2D eigenvalue weighted by Crippen LogP contribution is -2.44. The fourth-order valence-corrected chi connectivity index (χ4v) is 3.17. The maximum Gasteiger partial charge on any atom is 0.191 e. The van der Waals surface area contributed by atoms with Crippen LogP contribution in [0.5, 0.6) is 0 Å². The second-order valence-electron chi connectivity index (χ2n) is 5.97. The molecule has 5 nitrogen and oxygen atoms in total. The summed E-state index contributed by atoms with van der Waals surface area (Å²) in [5.74, 6) is 0.785. The highest BCUT2D eigenvalue weighted by Crippen LogP contribution is 2.23. The molecule has 25 heavy (non-hydrogen) atoms. The highest BCUT2D eigenvalue weighted by atomic mass is 35.5. The van der Waals surface area contributed by atoms with Crippen LogP contribution in [0.4, 0.5) is 5.69 Å². The molecule has 1 aliphatic rings. The number of guanidine groups is 1. The molecule has 1 aromatic heterocycles. The van der Waals surface area contributed by atoms with Gasteiger partial charge in [-0.1, -0.05) is 35.3 Å². The molecule has 0 aliphatic carbocycles. The van der Waals surface area contributed by atoms with E-state index in [1.807, 2.05) is 24.3 Å². The van der Waals surface area contributed by atoms with Crippen LogP contribution < -0.4 is 15.5 Å². The van der Waals surface area contributed by atoms with Gasteiger partial charge in [0.1, 0.15) is 5.15 Å². The van der Waals surface area contributed by atoms with Crippen LogP contribution in [-0.2, 0) is 6.54 Å². The van der Waals surface area contributed by atoms with Crippen molar-refractivity contribution in [3.8, 4) is 0 Å². The number of nitrogens with one attached hydrogen (secondary N) is 2. The Bertz CT molecular complexity index is 733. The third-order valence-electron chi connectivity index (χ3n) is 4.17. The Morgan fingerprint density at radius 3 is 2.92 bits per heavy atom. The van der Waals surface area contributed by atoms with Crippen LogP contribution in [0.25, 0.3) is 0 Å². The third kappa shape index (κ3) is 5.00. The topological polar surface area (TPSA) is 52.6 Å². The molecule has 0 bridgehead atoms. The van der Waals surface area contributed by atoms with Crippen molar-refractivity contribution in [2.75, 3.05) is 25.0 Å². The van der Waals surface area contributed by atoms with E-state index in [1.165, 1.54) is 0 Å². The maximum absolute atomic E-state index is 6.09. The number of nitrogens with zero attached hydrogens (tertiary/aromatic N) is 3. The number of pyridine rings is 1. The molecule has 1 atom stereocenters. The lowest BCUT2D eigenvalue weighted by atomic mass is 10.2. The first-order chi connectivity index (χ1) is 12.1. The molecule has 0 radical (unpaired) electrons. The molecule has 1 saturated heterocycles. The summed E-state index contributed by atoms with van der Waals surface area (Å²) in [5.41, 5.74) is 2.21. The molecule has 0 saturated carbocycles. The van der Waals surface area contributed by atoms with Gasteiger partial charge in [-0.05, 0) is 36.2 Å². The molecule has 2 N–H and O–H groups in total. The van der Waals surface area contributed by atoms with Crippen LogP contribution in [0.3, 0.4) is 0 Å². The number of benzene rings is 1. The zero-order valence-corrected chi connectivity index (χ0v) is 15.6. The van der Waals surface area contributed by atoms with Gasteiger partial charge < -0.3 is 15.5 Å². The van der Waals surface area contributed by atoms with Crippen LogP contribution in [0.1, 0.15) is 12.0 Å². The summed E-state index contributed by atoms with van der Waals surface area (Å²) in [5, 5.41) is 8.06. The van der Waals surface area contributed by atoms with Gasteiger partial charge in [0.05, 0.1) is 0 Å². The van der Waals surface area contributed by atoms with Crippen molar-refractivity contribution in [2.45, 2.75) is 19.0 Å². The van der Waals surface area contributed by atoms with E-state index in [4.69, 9.17) is 23.2 Å². The number of anilines is 1. The number of hydrogen-bond acceptors (Lipinski definition) is 3. The van der Waals surface area contributed by atoms with Gasteiger partial charge in [0, 0.05) is 49.6 Å². The lowest BCUT2D eigenvalue weighted by molar-refractivity contribution is 0.648. The molecule has 132 valence electrons. The van der Waals surface area contributed by atoms with Crippen molar-refractivity contribution in [1.82, 2.24) is 15.6 Å². The summed E-state index contributed by atoms with van der Waals surface area (Å²) in [4.78, 5) is 10.7. The monoisotopic (exact) mass is 377 g/mol. The normalized spacial score (nSPS) is 17.6. The molecule has 1 unspecified atom stereocenters. The van der Waals surface area contributed by atoms with E-state index in [1.54, 1.807) is 19.3 Å². The highest BCUT2D eigenvalue weighted by molar-refractivity contribution is 6.30. The van der Waals surface area contributed by atoms with Gasteiger partial charge in [0.15, 0.2) is 5.96 Å². The van der Waals surface area contributed by atoms with Gasteiger partial charge in [-0.3, -0.25) is 4.99 Å². The van der Waals surface area contributed by atoms with Crippen LogP contribution in [-0.4, -0.2) is 37.1 Å². The molecule has 7 heteroatoms. The van der Waals surface area contributed by atoms with Crippen LogP contribution in [0.15, 0.2) is 47.6 Å². The molecular formula is C18H21Cl2N5. The van der Waals surface area contributed by atoms with E-state index in [9.17, 15) is 0 Å². The average molecular weight is 378 g/mol. The molecule has 2 heterocycles. The fourth-order valence-electron chi connectivity index (χ4n) is 2.87. The Morgan fingerprint density at radius 2 is 2.20 bits per heavy atom. The van der Waals surface area contributed by atoms with Crippen molar-refractivity contribution in [2.24, 2.45) is 4.99 Å². The van der Waals surface area contributed by atoms with E-state index < -0.39 is 0 Å². The van der Waals surface area contributed by atoms with Gasteiger partial charge in [-0.2, -0.15) is 0 Å². The minimum Gasteiger partial charge on any atom is -0.369 e. The van der Waals surface area contributed by atoms with Gasteiger partial charge in [0.25, 0.3) is 0 Å². The Hall–Kier alpha value is -1.98. The Morgan fingerprint density at radius 1 is 1.32 bits per heavy atom. The predicted molar refractivity (Wildman–Crippen MR) is 105 cm³/mol. The Kier molecular flexibility index (Phi) is 6.00. The third-order valence-corrected chi connectivity index (χ3v) is 4.63. The zero-order chi connectivity index (χ0) is 17.6. The molecule has 3 rings (SSSR count). The minimum absolute atomic E-state index is 0.341. The quantitative estimate of drug-likeness (QED) is 0.487. The van der Waals surface area contributed by atoms with Crippen molar-refractivity contribution in [1.29, 1.82) is 0 Å². The van der Waals surface area contributed by atoms with Gasteiger partial charge in [-0.25, -0.2) is 4.98 Å². The van der Waals surface area contributed by atoms with Crippen molar-refractivity contribution >= 4 is 34.8 Å². The van der Waals surface area contributed by atoms with E-state index in [0.717, 1.165) is 41.7 Å². The predicted octanol–water partition coefficient (Wildman–Crippen LogP) is 3.33. The van der Waals surface area contributed by atoms with Crippen molar-refractivity contribution in [3.63, 3.8) is 0 Å². The van der Waals surface area contributed by atoms with E-state index in [0.29, 0.717) is 17.7 Å². The molecule has 1 fully saturated rings. The molecule has 0 amide bonds. The van der Waals surface area contributed by atoms with Crippen molar-refractivity contribution in [3.05, 3.63) is 58.3 Å². The Balaban J connectivity index is 1.51. The summed E-state index contributed by atoms with van der Waals surface area (Å²) in [7, 11) is 1.78. The fraction of sp³-hybridized carbons (Fsp3) is 0.333. The number of aromatic nitrogens is 1. The smallest absolute Gasteiger partial charge is 0.191 e. The summed E-state index contributed by atoms with van der Waals surface area (Å²) in [6, 6.07) is 12.1. The van der Waals surface area contributed by atoms with E-state index >= 15 is 0 Å². The van der Waals surface area contributed by atoms with Crippen LogP contribution >= 0.6 is 23.2 Å². The molecule has 1 aliphatic heterocycles. The minimum atomic E-state index is 0.341. The highest BCUT2D eigenvalue weighted by Gasteiger charge is 2.23. The average Bonchev–Trinajstić information content (AvgIpc) is 3.08. The van der Waals surface area contributed by atoms with Crippen LogP contribution in [0.2, 0.25) is 10.2 Å². The van der Waals surface area contributed by atoms with Crippen LogP contribution in [0, 0.1) is 0 Å². The van der Waals surface area contributed by atoms with Crippen molar-refractivity contribution < 1.29 is 0 Å². The van der Waals surface area contributed by atoms with Gasteiger partial charge in [-0.15, -0.1) is 0 Å². The Labute approximate surface area is 158 Å².